The quantitative estimate of drug-likeness (QED) is 0.162. The molecule has 0 spiro atoms. The maximum absolute atomic E-state index is 12.8. The summed E-state index contributed by atoms with van der Waals surface area (Å²) in [6.45, 7) is 3.80. The largest absolute Gasteiger partial charge is 0.569 e. The van der Waals surface area contributed by atoms with E-state index in [0.29, 0.717) is 35.9 Å². The van der Waals surface area contributed by atoms with Crippen LogP contribution >= 0.6 is 23.2 Å². The van der Waals surface area contributed by atoms with Gasteiger partial charge in [-0.1, -0.05) is 23.2 Å². The van der Waals surface area contributed by atoms with Crippen molar-refractivity contribution < 1.29 is 38.2 Å². The van der Waals surface area contributed by atoms with E-state index in [1.165, 1.54) is 38.2 Å². The first kappa shape index (κ1) is 38.0. The lowest BCUT2D eigenvalue weighted by Gasteiger charge is -2.07. The zero-order chi connectivity index (χ0) is 37.1. The fraction of sp³-hybridized carbons (Fsp3) is 0.188. The van der Waals surface area contributed by atoms with Crippen LogP contribution < -0.4 is 25.5 Å². The van der Waals surface area contributed by atoms with Crippen LogP contribution in [0.2, 0.25) is 10.3 Å². The second-order valence-electron chi connectivity index (χ2n) is 9.74. The minimum absolute atomic E-state index is 0.0796. The topological polar surface area (TPSA) is 190 Å². The Hall–Kier alpha value is -5.78. The molecule has 0 unspecified atom stereocenters. The maximum atomic E-state index is 12.8. The number of hydrogen-bond acceptors (Lipinski definition) is 12. The number of nitrogens with zero attached hydrogens (tertiary/aromatic N) is 5. The van der Waals surface area contributed by atoms with E-state index in [0.717, 1.165) is 5.75 Å². The standard InChI is InChI=1S/C16H14ClN3O4.C9H8ClN3O3.C7H8BO3/c1-3-24-15(21)14-12-8-18-13(17)9-19(12)16(22)20(14)10-4-6-11(23-2)7-5-10;1-2-16-8(14)7-5-3-11-6(10)4-13(5)9(15)12-7;1-10-6-2-4-7(5-3-6)11-8-9/h4-9H,3H2,1-2H3;3-4H,2H2,1H3,(H,12,15);2-5,9H,1H3. The molecule has 2 N–H and O–H groups in total. The monoisotopic (exact) mass is 739 g/mol. The fourth-order valence-corrected chi connectivity index (χ4v) is 4.76. The number of halogens is 2. The summed E-state index contributed by atoms with van der Waals surface area (Å²) in [6, 6.07) is 13.7. The van der Waals surface area contributed by atoms with Crippen molar-refractivity contribution in [1.82, 2.24) is 28.3 Å². The maximum Gasteiger partial charge on any atom is 0.569 e. The van der Waals surface area contributed by atoms with Gasteiger partial charge in [-0.25, -0.2) is 29.1 Å². The first-order valence-corrected chi connectivity index (χ1v) is 15.6. The van der Waals surface area contributed by atoms with Gasteiger partial charge in [-0.15, -0.1) is 0 Å². The van der Waals surface area contributed by atoms with Gasteiger partial charge >= 0.3 is 31.0 Å². The van der Waals surface area contributed by atoms with Gasteiger partial charge in [-0.2, -0.15) is 0 Å². The number of carbonyl (C=O) groups excluding carboxylic acids is 2. The van der Waals surface area contributed by atoms with Crippen molar-refractivity contribution in [3.8, 4) is 22.9 Å². The molecule has 4 aromatic heterocycles. The molecule has 0 aliphatic rings. The first-order valence-electron chi connectivity index (χ1n) is 14.9. The van der Waals surface area contributed by atoms with Gasteiger partial charge < -0.3 is 28.6 Å². The molecular weight excluding hydrogens is 710 g/mol. The van der Waals surface area contributed by atoms with Gasteiger partial charge in [-0.05, 0) is 62.4 Å². The van der Waals surface area contributed by atoms with E-state index >= 15 is 0 Å². The summed E-state index contributed by atoms with van der Waals surface area (Å²) < 4.78 is 28.3. The molecule has 4 heterocycles. The minimum Gasteiger partial charge on any atom is -0.537 e. The van der Waals surface area contributed by atoms with Gasteiger partial charge in [0.2, 0.25) is 0 Å². The molecule has 0 atom stereocenters. The molecule has 0 saturated heterocycles. The van der Waals surface area contributed by atoms with Crippen molar-refractivity contribution in [3.63, 3.8) is 0 Å². The summed E-state index contributed by atoms with van der Waals surface area (Å²) in [4.78, 5) is 58.3. The van der Waals surface area contributed by atoms with Crippen LogP contribution in [0.25, 0.3) is 16.7 Å². The van der Waals surface area contributed by atoms with Crippen LogP contribution in [0.1, 0.15) is 34.8 Å². The van der Waals surface area contributed by atoms with Crippen LogP contribution in [0.3, 0.4) is 0 Å². The Morgan fingerprint density at radius 2 is 1.29 bits per heavy atom. The molecule has 265 valence electrons. The van der Waals surface area contributed by atoms with Crippen molar-refractivity contribution in [2.75, 3.05) is 27.4 Å². The van der Waals surface area contributed by atoms with Crippen LogP contribution in [-0.4, -0.2) is 80.4 Å². The molecular formula is C32H30BCl2N6O10. The molecule has 0 fully saturated rings. The third-order valence-electron chi connectivity index (χ3n) is 6.71. The highest BCUT2D eigenvalue weighted by Crippen LogP contribution is 2.20. The third kappa shape index (κ3) is 9.07. The molecule has 0 aliphatic heterocycles. The van der Waals surface area contributed by atoms with Gasteiger partial charge in [0.25, 0.3) is 0 Å². The van der Waals surface area contributed by atoms with E-state index in [1.54, 1.807) is 76.6 Å². The lowest BCUT2D eigenvalue weighted by Crippen LogP contribution is -2.22. The summed E-state index contributed by atoms with van der Waals surface area (Å²) in [5.74, 6) is 0.768. The molecule has 0 bridgehead atoms. The van der Waals surface area contributed by atoms with Crippen molar-refractivity contribution in [1.29, 1.82) is 0 Å². The third-order valence-corrected chi connectivity index (χ3v) is 7.10. The summed E-state index contributed by atoms with van der Waals surface area (Å²) in [6.07, 6.45) is 5.41. The summed E-state index contributed by atoms with van der Waals surface area (Å²) in [5.41, 5.74) is 0.437. The number of rotatable bonds is 9. The highest BCUT2D eigenvalue weighted by molar-refractivity contribution is 6.29. The van der Waals surface area contributed by atoms with E-state index in [4.69, 9.17) is 47.2 Å². The lowest BCUT2D eigenvalue weighted by atomic mass is 10.3. The lowest BCUT2D eigenvalue weighted by molar-refractivity contribution is 0.0511. The Bertz CT molecular complexity index is 2230. The Kier molecular flexibility index (Phi) is 13.2. The number of methoxy groups -OCH3 is 2. The van der Waals surface area contributed by atoms with Crippen LogP contribution in [0.4, 0.5) is 0 Å². The van der Waals surface area contributed by atoms with Gasteiger partial charge in [-0.3, -0.25) is 18.4 Å². The number of hydrogen-bond donors (Lipinski definition) is 2. The molecule has 0 amide bonds. The fourth-order valence-electron chi connectivity index (χ4n) is 4.46. The normalized spacial score (nSPS) is 10.3. The number of benzene rings is 2. The molecule has 2 aromatic carbocycles. The van der Waals surface area contributed by atoms with E-state index in [-0.39, 0.29) is 34.9 Å². The summed E-state index contributed by atoms with van der Waals surface area (Å²) >= 11 is 11.5. The number of ether oxygens (including phenoxy) is 4. The summed E-state index contributed by atoms with van der Waals surface area (Å²) in [7, 11) is 3.78. The van der Waals surface area contributed by atoms with E-state index in [2.05, 4.69) is 19.6 Å². The summed E-state index contributed by atoms with van der Waals surface area (Å²) in [5, 5.41) is 8.58. The number of aromatic amines is 1. The number of fused-ring (bicyclic) bond motifs is 2. The van der Waals surface area contributed by atoms with Crippen molar-refractivity contribution in [3.05, 3.63) is 116 Å². The first-order chi connectivity index (χ1) is 24.6. The Morgan fingerprint density at radius 3 is 1.84 bits per heavy atom. The smallest absolute Gasteiger partial charge is 0.537 e. The number of H-pyrrole nitrogens is 1. The van der Waals surface area contributed by atoms with Gasteiger partial charge in [0, 0.05) is 0 Å². The van der Waals surface area contributed by atoms with Gasteiger partial charge in [0.05, 0.1) is 63.4 Å². The SMILES string of the molecule is CCOC(=O)c1[nH]c(=O)n2cc(Cl)ncc12.CCOC(=O)c1c2cnc(Cl)cn2c(=O)n1-c1ccc(OC)cc1.COc1ccc(O[B]O)cc1. The average molecular weight is 740 g/mol. The van der Waals surface area contributed by atoms with Crippen molar-refractivity contribution in [2.24, 2.45) is 0 Å². The zero-order valence-corrected chi connectivity index (χ0v) is 29.0. The molecule has 16 nitrogen and oxygen atoms in total. The Balaban J connectivity index is 0.000000186. The van der Waals surface area contributed by atoms with Crippen molar-refractivity contribution in [2.45, 2.75) is 13.8 Å². The van der Waals surface area contributed by atoms with Crippen LogP contribution in [0.5, 0.6) is 17.2 Å². The number of aromatic nitrogens is 6. The van der Waals surface area contributed by atoms with Crippen LogP contribution in [0.15, 0.2) is 82.9 Å². The number of esters is 2. The molecule has 0 aliphatic carbocycles. The minimum atomic E-state index is -0.614. The molecule has 1 radical (unpaired) electrons. The molecule has 6 rings (SSSR count). The van der Waals surface area contributed by atoms with Gasteiger partial charge in [0.1, 0.15) is 33.1 Å². The number of imidazole rings is 2. The van der Waals surface area contributed by atoms with E-state index in [9.17, 15) is 19.2 Å². The van der Waals surface area contributed by atoms with E-state index in [1.807, 2.05) is 0 Å². The molecule has 6 aromatic rings. The molecule has 51 heavy (non-hydrogen) atoms. The predicted molar refractivity (Wildman–Crippen MR) is 187 cm³/mol. The van der Waals surface area contributed by atoms with Gasteiger partial charge in [0.15, 0.2) is 11.4 Å². The number of nitrogens with one attached hydrogen (secondary N) is 1. The van der Waals surface area contributed by atoms with Crippen LogP contribution in [-0.2, 0) is 9.47 Å². The van der Waals surface area contributed by atoms with Crippen molar-refractivity contribution >= 4 is 53.9 Å². The Labute approximate surface area is 300 Å². The second-order valence-corrected chi connectivity index (χ2v) is 10.5. The Morgan fingerprint density at radius 1 is 0.784 bits per heavy atom. The average Bonchev–Trinajstić information content (AvgIpc) is 3.62. The predicted octanol–water partition coefficient (Wildman–Crippen LogP) is 3.78. The molecule has 19 heteroatoms. The van der Waals surface area contributed by atoms with E-state index < -0.39 is 23.3 Å². The highest BCUT2D eigenvalue weighted by Gasteiger charge is 2.24. The zero-order valence-electron chi connectivity index (χ0n) is 27.5. The highest BCUT2D eigenvalue weighted by atomic mass is 35.5. The molecule has 0 saturated carbocycles. The van der Waals surface area contributed by atoms with Crippen LogP contribution in [0, 0.1) is 0 Å². The second kappa shape index (κ2) is 17.8. The number of carbonyl (C=O) groups is 2.